The van der Waals surface area contributed by atoms with E-state index in [0.717, 1.165) is 17.0 Å². The molecular formula is C27H32Cl2F3N3O6. The predicted octanol–water partition coefficient (Wildman–Crippen LogP) is 4.68. The monoisotopic (exact) mass is 621 g/mol. The summed E-state index contributed by atoms with van der Waals surface area (Å²) in [5.74, 6) is -1.77. The van der Waals surface area contributed by atoms with Crippen molar-refractivity contribution in [1.29, 1.82) is 0 Å². The molecule has 2 N–H and O–H groups in total. The summed E-state index contributed by atoms with van der Waals surface area (Å²) < 4.78 is 42.2. The molecule has 0 saturated carbocycles. The summed E-state index contributed by atoms with van der Waals surface area (Å²) in [6, 6.07) is 10.2. The lowest BCUT2D eigenvalue weighted by atomic mass is 10.0. The zero-order valence-corrected chi connectivity index (χ0v) is 24.4. The standard InChI is InChI=1S/C25H31Cl2N3O4.C2HF3O2/c1-16(2)24(28-23(31)13-17-5-7-18(33-3)8-6-17)25(32)30-11-9-29(10-12-30)21-15-22(34-4)20(27)14-19(21)26;3-2(4,5)1(6)7/h5-8,14-16,24H,9-13H2,1-4H3,(H,28,31);(H,6,7)/t24-;/m1./s1. The molecule has 0 aliphatic carbocycles. The van der Waals surface area contributed by atoms with Crippen molar-refractivity contribution < 1.29 is 42.1 Å². The number of alkyl halides is 3. The molecular weight excluding hydrogens is 590 g/mol. The smallest absolute Gasteiger partial charge is 0.490 e. The number of amides is 2. The molecule has 0 bridgehead atoms. The van der Waals surface area contributed by atoms with Gasteiger partial charge in [-0.05, 0) is 29.7 Å². The van der Waals surface area contributed by atoms with Crippen molar-refractivity contribution in [3.05, 3.63) is 52.0 Å². The Bertz CT molecular complexity index is 1200. The van der Waals surface area contributed by atoms with E-state index in [9.17, 15) is 22.8 Å². The number of hydrogen-bond donors (Lipinski definition) is 2. The zero-order chi connectivity index (χ0) is 30.9. The van der Waals surface area contributed by atoms with Gasteiger partial charge in [-0.2, -0.15) is 13.2 Å². The molecule has 226 valence electrons. The summed E-state index contributed by atoms with van der Waals surface area (Å²) in [6.45, 7) is 6.15. The average molecular weight is 622 g/mol. The number of nitrogens with one attached hydrogen (secondary N) is 1. The molecule has 2 amide bonds. The first kappa shape index (κ1) is 33.8. The van der Waals surface area contributed by atoms with Gasteiger partial charge in [0.25, 0.3) is 0 Å². The topological polar surface area (TPSA) is 108 Å². The van der Waals surface area contributed by atoms with Crippen molar-refractivity contribution >= 4 is 46.7 Å². The van der Waals surface area contributed by atoms with E-state index in [2.05, 4.69) is 10.2 Å². The quantitative estimate of drug-likeness (QED) is 0.441. The number of aliphatic carboxylic acids is 1. The second kappa shape index (κ2) is 15.0. The van der Waals surface area contributed by atoms with E-state index in [1.54, 1.807) is 25.2 Å². The number of halogens is 5. The molecule has 2 aromatic rings. The van der Waals surface area contributed by atoms with Gasteiger partial charge < -0.3 is 29.7 Å². The summed E-state index contributed by atoms with van der Waals surface area (Å²) in [4.78, 5) is 38.8. The number of carbonyl (C=O) groups is 3. The molecule has 1 aliphatic heterocycles. The highest BCUT2D eigenvalue weighted by molar-refractivity contribution is 6.37. The van der Waals surface area contributed by atoms with E-state index in [0.29, 0.717) is 42.0 Å². The van der Waals surface area contributed by atoms with Crippen LogP contribution in [0.1, 0.15) is 19.4 Å². The Hall–Kier alpha value is -3.38. The number of hydrogen-bond acceptors (Lipinski definition) is 6. The number of piperazine rings is 1. The summed E-state index contributed by atoms with van der Waals surface area (Å²) in [5.41, 5.74) is 1.68. The number of carbonyl (C=O) groups excluding carboxylic acids is 2. The minimum Gasteiger partial charge on any atom is -0.497 e. The number of nitrogens with zero attached hydrogens (tertiary/aromatic N) is 2. The van der Waals surface area contributed by atoms with Crippen LogP contribution in [0.3, 0.4) is 0 Å². The summed E-state index contributed by atoms with van der Waals surface area (Å²) in [7, 11) is 3.16. The van der Waals surface area contributed by atoms with Crippen LogP contribution in [0.2, 0.25) is 10.0 Å². The highest BCUT2D eigenvalue weighted by Gasteiger charge is 2.38. The molecule has 1 fully saturated rings. The third-order valence-corrected chi connectivity index (χ3v) is 6.77. The van der Waals surface area contributed by atoms with Crippen molar-refractivity contribution in [3.8, 4) is 11.5 Å². The number of carboxylic acid groups (broad SMARTS) is 1. The molecule has 3 rings (SSSR count). The van der Waals surface area contributed by atoms with Gasteiger partial charge in [0.05, 0.1) is 36.4 Å². The first-order chi connectivity index (χ1) is 19.2. The minimum absolute atomic E-state index is 0.0414. The van der Waals surface area contributed by atoms with Gasteiger partial charge in [0.2, 0.25) is 11.8 Å². The largest absolute Gasteiger partial charge is 0.497 e. The second-order valence-corrected chi connectivity index (χ2v) is 10.2. The molecule has 0 aromatic heterocycles. The fourth-order valence-corrected chi connectivity index (χ4v) is 4.53. The second-order valence-electron chi connectivity index (χ2n) is 9.37. The van der Waals surface area contributed by atoms with Crippen LogP contribution in [-0.4, -0.2) is 80.4 Å². The van der Waals surface area contributed by atoms with Crippen LogP contribution >= 0.6 is 23.2 Å². The molecule has 1 atom stereocenters. The SMILES string of the molecule is COc1ccc(CC(=O)N[C@@H](C(=O)N2CCN(c3cc(OC)c(Cl)cc3Cl)CC2)C(C)C)cc1.O=C(O)C(F)(F)F. The molecule has 2 aromatic carbocycles. The first-order valence-electron chi connectivity index (χ1n) is 12.5. The fraction of sp³-hybridized carbons (Fsp3) is 0.444. The van der Waals surface area contributed by atoms with Crippen molar-refractivity contribution in [1.82, 2.24) is 10.2 Å². The van der Waals surface area contributed by atoms with Gasteiger partial charge in [0.1, 0.15) is 17.5 Å². The Labute approximate surface area is 246 Å². The summed E-state index contributed by atoms with van der Waals surface area (Å²) >= 11 is 12.6. The van der Waals surface area contributed by atoms with Crippen molar-refractivity contribution in [2.75, 3.05) is 45.3 Å². The van der Waals surface area contributed by atoms with Crippen LogP contribution in [-0.2, 0) is 20.8 Å². The Morgan fingerprint density at radius 1 is 0.976 bits per heavy atom. The maximum Gasteiger partial charge on any atom is 0.490 e. The highest BCUT2D eigenvalue weighted by atomic mass is 35.5. The number of rotatable bonds is 8. The van der Waals surface area contributed by atoms with Gasteiger partial charge in [-0.25, -0.2) is 4.79 Å². The molecule has 0 radical (unpaired) electrons. The Balaban J connectivity index is 0.000000745. The van der Waals surface area contributed by atoms with Gasteiger partial charge in [0, 0.05) is 32.2 Å². The van der Waals surface area contributed by atoms with Crippen molar-refractivity contribution in [3.63, 3.8) is 0 Å². The highest BCUT2D eigenvalue weighted by Crippen LogP contribution is 2.36. The van der Waals surface area contributed by atoms with Gasteiger partial charge >= 0.3 is 12.1 Å². The maximum atomic E-state index is 13.3. The van der Waals surface area contributed by atoms with Gasteiger partial charge in [0.15, 0.2) is 0 Å². The van der Waals surface area contributed by atoms with Crippen molar-refractivity contribution in [2.24, 2.45) is 5.92 Å². The lowest BCUT2D eigenvalue weighted by Crippen LogP contribution is -2.56. The van der Waals surface area contributed by atoms with E-state index in [-0.39, 0.29) is 24.2 Å². The molecule has 1 aliphatic rings. The van der Waals surface area contributed by atoms with Crippen LogP contribution in [0, 0.1) is 5.92 Å². The Morgan fingerprint density at radius 3 is 2.00 bits per heavy atom. The lowest BCUT2D eigenvalue weighted by molar-refractivity contribution is -0.192. The third-order valence-electron chi connectivity index (χ3n) is 6.17. The number of ether oxygens (including phenoxy) is 2. The predicted molar refractivity (Wildman–Crippen MR) is 149 cm³/mol. The fourth-order valence-electron chi connectivity index (χ4n) is 3.95. The molecule has 1 heterocycles. The summed E-state index contributed by atoms with van der Waals surface area (Å²) in [5, 5.41) is 11.1. The van der Waals surface area contributed by atoms with E-state index in [1.807, 2.05) is 44.2 Å². The molecule has 0 unspecified atom stereocenters. The van der Waals surface area contributed by atoms with Crippen LogP contribution in [0.5, 0.6) is 11.5 Å². The number of benzene rings is 2. The van der Waals surface area contributed by atoms with Crippen molar-refractivity contribution in [2.45, 2.75) is 32.5 Å². The summed E-state index contributed by atoms with van der Waals surface area (Å²) in [6.07, 6.45) is -4.88. The lowest BCUT2D eigenvalue weighted by Gasteiger charge is -2.38. The number of methoxy groups -OCH3 is 2. The molecule has 1 saturated heterocycles. The van der Waals surface area contributed by atoms with E-state index >= 15 is 0 Å². The molecule has 0 spiro atoms. The van der Waals surface area contributed by atoms with E-state index in [1.165, 1.54) is 0 Å². The molecule has 9 nitrogen and oxygen atoms in total. The normalized spacial score (nSPS) is 14.1. The maximum absolute atomic E-state index is 13.3. The third kappa shape index (κ3) is 9.89. The van der Waals surface area contributed by atoms with Gasteiger partial charge in [-0.3, -0.25) is 9.59 Å². The van der Waals surface area contributed by atoms with E-state index in [4.69, 9.17) is 42.6 Å². The molecule has 41 heavy (non-hydrogen) atoms. The average Bonchev–Trinajstić information content (AvgIpc) is 2.91. The van der Waals surface area contributed by atoms with Gasteiger partial charge in [-0.1, -0.05) is 49.2 Å². The Morgan fingerprint density at radius 2 is 1.54 bits per heavy atom. The zero-order valence-electron chi connectivity index (χ0n) is 22.9. The number of anilines is 1. The van der Waals surface area contributed by atoms with Crippen LogP contribution in [0.15, 0.2) is 36.4 Å². The van der Waals surface area contributed by atoms with Crippen LogP contribution in [0.4, 0.5) is 18.9 Å². The van der Waals surface area contributed by atoms with E-state index < -0.39 is 18.2 Å². The number of carboxylic acids is 1. The first-order valence-corrected chi connectivity index (χ1v) is 13.2. The van der Waals surface area contributed by atoms with Gasteiger partial charge in [-0.15, -0.1) is 0 Å². The van der Waals surface area contributed by atoms with Crippen LogP contribution < -0.4 is 19.7 Å². The Kier molecular flexibility index (Phi) is 12.4. The minimum atomic E-state index is -5.08. The van der Waals surface area contributed by atoms with Crippen LogP contribution in [0.25, 0.3) is 0 Å². The molecule has 14 heteroatoms.